The van der Waals surface area contributed by atoms with Crippen molar-refractivity contribution in [3.63, 3.8) is 0 Å². The highest BCUT2D eigenvalue weighted by molar-refractivity contribution is 5.91. The predicted molar refractivity (Wildman–Crippen MR) is 90.1 cm³/mol. The third kappa shape index (κ3) is 3.38. The molecule has 0 radical (unpaired) electrons. The van der Waals surface area contributed by atoms with Crippen molar-refractivity contribution in [2.24, 2.45) is 5.73 Å². The minimum atomic E-state index is -0.481. The van der Waals surface area contributed by atoms with E-state index in [0.717, 1.165) is 5.56 Å². The van der Waals surface area contributed by atoms with Crippen LogP contribution in [0.25, 0.3) is 5.65 Å². The highest BCUT2D eigenvalue weighted by atomic mass is 16.5. The van der Waals surface area contributed by atoms with Gasteiger partial charge in [0, 0.05) is 18.4 Å². The molecule has 0 bridgehead atoms. The smallest absolute Gasteiger partial charge is 0.358 e. The molecule has 0 aliphatic rings. The third-order valence-corrected chi connectivity index (χ3v) is 3.70. The number of pyridine rings is 1. The van der Waals surface area contributed by atoms with Crippen molar-refractivity contribution in [1.29, 1.82) is 0 Å². The summed E-state index contributed by atoms with van der Waals surface area (Å²) >= 11 is 0. The topological polar surface area (TPSA) is 78.8 Å². The Labute approximate surface area is 139 Å². The number of carbonyl (C=O) groups is 1. The average Bonchev–Trinajstić information content (AvgIpc) is 3.08. The van der Waals surface area contributed by atoms with E-state index in [2.05, 4.69) is 4.98 Å². The lowest BCUT2D eigenvalue weighted by atomic mass is 10.1. The highest BCUT2D eigenvalue weighted by Crippen LogP contribution is 2.21. The van der Waals surface area contributed by atoms with E-state index in [1.54, 1.807) is 28.9 Å². The van der Waals surface area contributed by atoms with Crippen LogP contribution in [0, 0.1) is 0 Å². The molecule has 0 amide bonds. The molecule has 3 rings (SSSR count). The van der Waals surface area contributed by atoms with Crippen molar-refractivity contribution in [3.8, 4) is 5.75 Å². The number of aromatic nitrogens is 2. The molecule has 0 unspecified atom stereocenters. The van der Waals surface area contributed by atoms with Crippen LogP contribution >= 0.6 is 0 Å². The number of carbonyl (C=O) groups excluding carboxylic acids is 1. The molecule has 6 nitrogen and oxygen atoms in total. The van der Waals surface area contributed by atoms with Crippen LogP contribution in [0.15, 0.2) is 54.9 Å². The standard InChI is InChI=1S/C18H19N3O3/c1-23-18(22)17-15(7-8-16-20-9-10-21(16)17)24-12-14(19)11-13-5-3-2-4-6-13/h2-10,14H,11-12,19H2,1H3/t14-/m1/s1. The van der Waals surface area contributed by atoms with Crippen LogP contribution in [0.2, 0.25) is 0 Å². The van der Waals surface area contributed by atoms with Crippen molar-refractivity contribution in [3.05, 3.63) is 66.1 Å². The van der Waals surface area contributed by atoms with Gasteiger partial charge in [-0.1, -0.05) is 30.3 Å². The number of imidazole rings is 1. The van der Waals surface area contributed by atoms with Crippen molar-refractivity contribution in [2.45, 2.75) is 12.5 Å². The number of nitrogens with zero attached hydrogens (tertiary/aromatic N) is 2. The number of rotatable bonds is 6. The lowest BCUT2D eigenvalue weighted by molar-refractivity contribution is 0.0586. The minimum Gasteiger partial charge on any atom is -0.489 e. The molecule has 3 aromatic rings. The molecule has 2 aromatic heterocycles. The number of esters is 1. The van der Waals surface area contributed by atoms with Crippen LogP contribution in [-0.4, -0.2) is 35.1 Å². The number of nitrogens with two attached hydrogens (primary N) is 1. The summed E-state index contributed by atoms with van der Waals surface area (Å²) in [5.74, 6) is -0.0545. The molecule has 0 saturated heterocycles. The van der Waals surface area contributed by atoms with Crippen molar-refractivity contribution in [2.75, 3.05) is 13.7 Å². The van der Waals surface area contributed by atoms with Gasteiger partial charge in [0.25, 0.3) is 0 Å². The Bertz CT molecular complexity index is 830. The lowest BCUT2D eigenvalue weighted by Gasteiger charge is -2.16. The molecule has 0 aliphatic heterocycles. The lowest BCUT2D eigenvalue weighted by Crippen LogP contribution is -2.30. The Morgan fingerprint density at radius 3 is 2.79 bits per heavy atom. The first-order chi connectivity index (χ1) is 11.7. The van der Waals surface area contributed by atoms with Gasteiger partial charge in [0.05, 0.1) is 7.11 Å². The number of fused-ring (bicyclic) bond motifs is 1. The molecule has 1 aromatic carbocycles. The fourth-order valence-electron chi connectivity index (χ4n) is 2.56. The minimum absolute atomic E-state index is 0.184. The summed E-state index contributed by atoms with van der Waals surface area (Å²) < 4.78 is 12.3. The van der Waals surface area contributed by atoms with Crippen molar-refractivity contribution in [1.82, 2.24) is 9.38 Å². The van der Waals surface area contributed by atoms with E-state index in [1.807, 2.05) is 30.3 Å². The van der Waals surface area contributed by atoms with E-state index in [0.29, 0.717) is 30.1 Å². The molecule has 0 spiro atoms. The Kier molecular flexibility index (Phi) is 4.77. The van der Waals surface area contributed by atoms with Gasteiger partial charge in [0.1, 0.15) is 12.3 Å². The first-order valence-corrected chi connectivity index (χ1v) is 7.65. The zero-order valence-corrected chi connectivity index (χ0v) is 13.4. The summed E-state index contributed by atoms with van der Waals surface area (Å²) in [5.41, 5.74) is 8.24. The first-order valence-electron chi connectivity index (χ1n) is 7.65. The molecule has 2 heterocycles. The predicted octanol–water partition coefficient (Wildman–Crippen LogP) is 2.07. The van der Waals surface area contributed by atoms with Gasteiger partial charge in [-0.15, -0.1) is 0 Å². The SMILES string of the molecule is COC(=O)c1c(OC[C@H](N)Cc2ccccc2)ccc2nccn12. The number of methoxy groups -OCH3 is 1. The van der Waals surface area contributed by atoms with E-state index in [4.69, 9.17) is 15.2 Å². The van der Waals surface area contributed by atoms with Gasteiger partial charge in [-0.25, -0.2) is 9.78 Å². The summed E-state index contributed by atoms with van der Waals surface area (Å²) in [4.78, 5) is 16.3. The second-order valence-electron chi connectivity index (χ2n) is 5.45. The van der Waals surface area contributed by atoms with Crippen LogP contribution in [0.1, 0.15) is 16.1 Å². The summed E-state index contributed by atoms with van der Waals surface area (Å²) in [6.45, 7) is 0.291. The summed E-state index contributed by atoms with van der Waals surface area (Å²) in [6, 6.07) is 13.3. The quantitative estimate of drug-likeness (QED) is 0.702. The number of hydrogen-bond donors (Lipinski definition) is 1. The summed E-state index contributed by atoms with van der Waals surface area (Å²) in [5, 5.41) is 0. The van der Waals surface area contributed by atoms with Gasteiger partial charge in [0.2, 0.25) is 0 Å². The fraction of sp³-hybridized carbons (Fsp3) is 0.222. The van der Waals surface area contributed by atoms with Gasteiger partial charge < -0.3 is 15.2 Å². The maximum atomic E-state index is 12.1. The highest BCUT2D eigenvalue weighted by Gasteiger charge is 2.18. The molecular formula is C18H19N3O3. The van der Waals surface area contributed by atoms with Crippen LogP contribution in [0.5, 0.6) is 5.75 Å². The van der Waals surface area contributed by atoms with Gasteiger partial charge in [-0.2, -0.15) is 0 Å². The maximum Gasteiger partial charge on any atom is 0.358 e. The van der Waals surface area contributed by atoms with Crippen molar-refractivity contribution < 1.29 is 14.3 Å². The Hall–Kier alpha value is -2.86. The fourth-order valence-corrected chi connectivity index (χ4v) is 2.56. The molecular weight excluding hydrogens is 306 g/mol. The average molecular weight is 325 g/mol. The molecule has 0 saturated carbocycles. The molecule has 0 fully saturated rings. The van der Waals surface area contributed by atoms with Gasteiger partial charge in [-0.3, -0.25) is 4.40 Å². The molecule has 6 heteroatoms. The van der Waals surface area contributed by atoms with Crippen molar-refractivity contribution >= 4 is 11.6 Å². The zero-order valence-electron chi connectivity index (χ0n) is 13.4. The maximum absolute atomic E-state index is 12.1. The van der Waals surface area contributed by atoms with E-state index < -0.39 is 5.97 Å². The third-order valence-electron chi connectivity index (χ3n) is 3.70. The Morgan fingerprint density at radius 2 is 2.04 bits per heavy atom. The van der Waals surface area contributed by atoms with Crippen LogP contribution in [0.3, 0.4) is 0 Å². The number of benzene rings is 1. The van der Waals surface area contributed by atoms with E-state index in [1.165, 1.54) is 7.11 Å². The van der Waals surface area contributed by atoms with Gasteiger partial charge >= 0.3 is 5.97 Å². The second-order valence-corrected chi connectivity index (χ2v) is 5.45. The molecule has 1 atom stereocenters. The number of hydrogen-bond acceptors (Lipinski definition) is 5. The first kappa shape index (κ1) is 16.0. The van der Waals surface area contributed by atoms with Gasteiger partial charge in [-0.05, 0) is 24.1 Å². The van der Waals surface area contributed by atoms with Gasteiger partial charge in [0.15, 0.2) is 11.4 Å². The zero-order chi connectivity index (χ0) is 16.9. The molecule has 124 valence electrons. The Morgan fingerprint density at radius 1 is 1.25 bits per heavy atom. The number of ether oxygens (including phenoxy) is 2. The normalized spacial score (nSPS) is 12.1. The monoisotopic (exact) mass is 325 g/mol. The Balaban J connectivity index is 1.76. The van der Waals surface area contributed by atoms with Crippen LogP contribution in [-0.2, 0) is 11.2 Å². The molecule has 0 aliphatic carbocycles. The second kappa shape index (κ2) is 7.14. The molecule has 24 heavy (non-hydrogen) atoms. The largest absolute Gasteiger partial charge is 0.489 e. The van der Waals surface area contributed by atoms with E-state index in [9.17, 15) is 4.79 Å². The van der Waals surface area contributed by atoms with Crippen LogP contribution < -0.4 is 10.5 Å². The van der Waals surface area contributed by atoms with E-state index >= 15 is 0 Å². The molecule has 2 N–H and O–H groups in total. The summed E-state index contributed by atoms with van der Waals surface area (Å²) in [6.07, 6.45) is 4.01. The summed E-state index contributed by atoms with van der Waals surface area (Å²) in [7, 11) is 1.34. The van der Waals surface area contributed by atoms with E-state index in [-0.39, 0.29) is 6.04 Å². The van der Waals surface area contributed by atoms with Crippen LogP contribution in [0.4, 0.5) is 0 Å².